The number of benzene rings is 2. The largest absolute Gasteiger partial charge is 0.508 e. The van der Waals surface area contributed by atoms with Crippen molar-refractivity contribution in [2.24, 2.45) is 5.16 Å². The lowest BCUT2D eigenvalue weighted by Gasteiger charge is -1.94. The third-order valence-corrected chi connectivity index (χ3v) is 2.69. The van der Waals surface area contributed by atoms with Crippen molar-refractivity contribution in [2.45, 2.75) is 20.3 Å². The van der Waals surface area contributed by atoms with Crippen LogP contribution in [0.2, 0.25) is 0 Å². The van der Waals surface area contributed by atoms with Crippen LogP contribution >= 0.6 is 0 Å². The summed E-state index contributed by atoms with van der Waals surface area (Å²) in [6, 6.07) is 16.8. The van der Waals surface area contributed by atoms with E-state index in [9.17, 15) is 0 Å². The van der Waals surface area contributed by atoms with Gasteiger partial charge in [-0.25, -0.2) is 0 Å². The third-order valence-electron chi connectivity index (χ3n) is 2.69. The average Bonchev–Trinajstić information content (AvgIpc) is 2.49. The molecule has 3 nitrogen and oxygen atoms in total. The van der Waals surface area contributed by atoms with Gasteiger partial charge in [0, 0.05) is 0 Å². The number of aryl methyl sites for hydroxylation is 1. The molecule has 2 N–H and O–H groups in total. The molecule has 0 atom stereocenters. The summed E-state index contributed by atoms with van der Waals surface area (Å²) in [6.07, 6.45) is 1.03. The van der Waals surface area contributed by atoms with Crippen LogP contribution in [0.15, 0.2) is 59.8 Å². The zero-order valence-corrected chi connectivity index (χ0v) is 11.2. The van der Waals surface area contributed by atoms with Crippen molar-refractivity contribution >= 4 is 5.71 Å². The Morgan fingerprint density at radius 2 is 1.58 bits per heavy atom. The summed E-state index contributed by atoms with van der Waals surface area (Å²) in [6.45, 7) is 3.85. The fourth-order valence-electron chi connectivity index (χ4n) is 1.47. The fourth-order valence-corrected chi connectivity index (χ4v) is 1.47. The minimum atomic E-state index is 0.340. The molecule has 0 fully saturated rings. The highest BCUT2D eigenvalue weighted by atomic mass is 16.4. The predicted molar refractivity (Wildman–Crippen MR) is 77.9 cm³/mol. The summed E-state index contributed by atoms with van der Waals surface area (Å²) in [5.74, 6) is 0.340. The molecule has 0 unspecified atom stereocenters. The van der Waals surface area contributed by atoms with E-state index < -0.39 is 0 Å². The Balaban J connectivity index is 0.000000191. The van der Waals surface area contributed by atoms with Crippen molar-refractivity contribution in [1.82, 2.24) is 0 Å². The topological polar surface area (TPSA) is 52.8 Å². The van der Waals surface area contributed by atoms with Crippen molar-refractivity contribution in [3.05, 3.63) is 65.7 Å². The summed E-state index contributed by atoms with van der Waals surface area (Å²) in [5.41, 5.74) is 2.85. The van der Waals surface area contributed by atoms with Gasteiger partial charge >= 0.3 is 0 Å². The molecule has 0 aromatic heterocycles. The zero-order valence-electron chi connectivity index (χ0n) is 11.2. The molecule has 2 rings (SSSR count). The van der Waals surface area contributed by atoms with E-state index in [1.165, 1.54) is 5.56 Å². The van der Waals surface area contributed by atoms with Crippen LogP contribution in [0.1, 0.15) is 25.0 Å². The van der Waals surface area contributed by atoms with Crippen molar-refractivity contribution in [3.8, 4) is 5.75 Å². The van der Waals surface area contributed by atoms with Gasteiger partial charge in [0.2, 0.25) is 0 Å². The fraction of sp³-hybridized carbons (Fsp3) is 0.188. The van der Waals surface area contributed by atoms with Crippen LogP contribution in [-0.4, -0.2) is 16.0 Å². The lowest BCUT2D eigenvalue weighted by atomic mass is 10.1. The number of hydrogen-bond donors (Lipinski definition) is 2. The number of aromatic hydroxyl groups is 1. The second kappa shape index (κ2) is 7.93. The maximum absolute atomic E-state index is 8.85. The maximum atomic E-state index is 8.85. The number of oxime groups is 1. The van der Waals surface area contributed by atoms with E-state index >= 15 is 0 Å². The summed E-state index contributed by atoms with van der Waals surface area (Å²) < 4.78 is 0. The van der Waals surface area contributed by atoms with E-state index in [2.05, 4.69) is 12.1 Å². The van der Waals surface area contributed by atoms with Crippen molar-refractivity contribution in [1.29, 1.82) is 0 Å². The Bertz CT molecular complexity index is 504. The van der Waals surface area contributed by atoms with Crippen LogP contribution in [0.5, 0.6) is 5.75 Å². The summed E-state index contributed by atoms with van der Waals surface area (Å²) in [4.78, 5) is 0. The number of phenolic OH excluding ortho intramolecular Hbond substituents is 1. The van der Waals surface area contributed by atoms with E-state index in [-0.39, 0.29) is 0 Å². The van der Waals surface area contributed by atoms with Gasteiger partial charge in [0.25, 0.3) is 0 Å². The molecule has 100 valence electrons. The van der Waals surface area contributed by atoms with Crippen LogP contribution in [0.3, 0.4) is 0 Å². The molecule has 0 radical (unpaired) electrons. The van der Waals surface area contributed by atoms with Crippen LogP contribution in [0.4, 0.5) is 0 Å². The number of phenols is 1. The normalized spacial score (nSPS) is 10.5. The van der Waals surface area contributed by atoms with Gasteiger partial charge in [0.05, 0.1) is 5.71 Å². The molecule has 0 aliphatic heterocycles. The molecule has 0 aliphatic carbocycles. The molecule has 2 aromatic rings. The van der Waals surface area contributed by atoms with Gasteiger partial charge < -0.3 is 10.3 Å². The van der Waals surface area contributed by atoms with Gasteiger partial charge in [0.15, 0.2) is 0 Å². The minimum absolute atomic E-state index is 0.340. The third kappa shape index (κ3) is 5.25. The quantitative estimate of drug-likeness (QED) is 0.488. The minimum Gasteiger partial charge on any atom is -0.508 e. The van der Waals surface area contributed by atoms with E-state index in [0.29, 0.717) is 11.5 Å². The van der Waals surface area contributed by atoms with Gasteiger partial charge in [-0.05, 0) is 36.6 Å². The lowest BCUT2D eigenvalue weighted by molar-refractivity contribution is 0.319. The van der Waals surface area contributed by atoms with Crippen molar-refractivity contribution < 1.29 is 10.3 Å². The second-order valence-electron chi connectivity index (χ2n) is 4.07. The smallest absolute Gasteiger partial charge is 0.115 e. The van der Waals surface area contributed by atoms with Gasteiger partial charge in [0.1, 0.15) is 5.75 Å². The molecular weight excluding hydrogens is 238 g/mol. The standard InChI is InChI=1S/C8H9NO.C8H10O/c1-7(9-10)8-5-3-2-4-6-8;1-2-7-3-5-8(9)6-4-7/h2-6,10H,1H3;3-6,9H,2H2,1H3. The van der Waals surface area contributed by atoms with Crippen LogP contribution in [0, 0.1) is 0 Å². The number of rotatable bonds is 2. The molecule has 0 spiro atoms. The highest BCUT2D eigenvalue weighted by molar-refractivity contribution is 5.98. The molecule has 0 saturated heterocycles. The Morgan fingerprint density at radius 1 is 1.00 bits per heavy atom. The predicted octanol–water partition coefficient (Wildman–Crippen LogP) is 3.84. The van der Waals surface area contributed by atoms with Crippen LogP contribution in [-0.2, 0) is 6.42 Å². The summed E-state index contributed by atoms with van der Waals surface area (Å²) in [5, 5.41) is 20.3. The Kier molecular flexibility index (Phi) is 6.16. The number of hydrogen-bond acceptors (Lipinski definition) is 3. The highest BCUT2D eigenvalue weighted by Crippen LogP contribution is 2.09. The Hall–Kier alpha value is -2.29. The molecule has 0 heterocycles. The monoisotopic (exact) mass is 257 g/mol. The van der Waals surface area contributed by atoms with Gasteiger partial charge in [-0.1, -0.05) is 54.5 Å². The highest BCUT2D eigenvalue weighted by Gasteiger charge is 1.92. The number of nitrogens with zero attached hydrogens (tertiary/aromatic N) is 1. The Labute approximate surface area is 113 Å². The summed E-state index contributed by atoms with van der Waals surface area (Å²) >= 11 is 0. The maximum Gasteiger partial charge on any atom is 0.115 e. The zero-order chi connectivity index (χ0) is 14.1. The van der Waals surface area contributed by atoms with Crippen LogP contribution < -0.4 is 0 Å². The molecule has 3 heteroatoms. The second-order valence-corrected chi connectivity index (χ2v) is 4.07. The summed E-state index contributed by atoms with van der Waals surface area (Å²) in [7, 11) is 0. The van der Waals surface area contributed by atoms with E-state index in [1.807, 2.05) is 42.5 Å². The molecule has 2 aromatic carbocycles. The van der Waals surface area contributed by atoms with Crippen molar-refractivity contribution in [2.75, 3.05) is 0 Å². The van der Waals surface area contributed by atoms with Crippen LogP contribution in [0.25, 0.3) is 0 Å². The molecule has 0 bridgehead atoms. The first-order valence-electron chi connectivity index (χ1n) is 6.19. The first-order valence-corrected chi connectivity index (χ1v) is 6.19. The lowest BCUT2D eigenvalue weighted by Crippen LogP contribution is -1.92. The molecule has 0 amide bonds. The Morgan fingerprint density at radius 3 is 2.05 bits per heavy atom. The van der Waals surface area contributed by atoms with Crippen molar-refractivity contribution in [3.63, 3.8) is 0 Å². The molecule has 19 heavy (non-hydrogen) atoms. The van der Waals surface area contributed by atoms with E-state index in [4.69, 9.17) is 10.3 Å². The molecular formula is C16H19NO2. The average molecular weight is 257 g/mol. The van der Waals surface area contributed by atoms with Gasteiger partial charge in [-0.15, -0.1) is 0 Å². The molecule has 0 aliphatic rings. The first-order chi connectivity index (χ1) is 9.17. The van der Waals surface area contributed by atoms with E-state index in [0.717, 1.165) is 12.0 Å². The SMILES string of the molecule is CC(=NO)c1ccccc1.CCc1ccc(O)cc1. The first kappa shape index (κ1) is 14.8. The van der Waals surface area contributed by atoms with Gasteiger partial charge in [-0.2, -0.15) is 0 Å². The molecule has 0 saturated carbocycles. The van der Waals surface area contributed by atoms with Gasteiger partial charge in [-0.3, -0.25) is 0 Å². The van der Waals surface area contributed by atoms with E-state index in [1.54, 1.807) is 19.1 Å².